The molecule has 1 N–H and O–H groups in total. The lowest BCUT2D eigenvalue weighted by molar-refractivity contribution is 0.0944. The third-order valence-electron chi connectivity index (χ3n) is 3.38. The van der Waals surface area contributed by atoms with Crippen LogP contribution in [0.3, 0.4) is 0 Å². The lowest BCUT2D eigenvalue weighted by Gasteiger charge is -2.19. The average Bonchev–Trinajstić information content (AvgIpc) is 2.47. The van der Waals surface area contributed by atoms with Crippen LogP contribution in [0, 0.1) is 5.82 Å². The molecule has 1 aliphatic heterocycles. The Balaban J connectivity index is 1.84. The minimum Gasteiger partial charge on any atom is -0.488 e. The van der Waals surface area contributed by atoms with Crippen LogP contribution in [0.2, 0.25) is 0 Å². The van der Waals surface area contributed by atoms with Gasteiger partial charge in [-0.2, -0.15) is 0 Å². The van der Waals surface area contributed by atoms with Crippen LogP contribution < -0.4 is 10.1 Å². The molecular weight excluding hydrogens is 257 g/mol. The number of hydrogen-bond donors (Lipinski definition) is 1. The molecule has 3 nitrogen and oxygen atoms in total. The monoisotopic (exact) mass is 271 g/mol. The van der Waals surface area contributed by atoms with Crippen LogP contribution in [0.25, 0.3) is 0 Å². The van der Waals surface area contributed by atoms with Gasteiger partial charge in [-0.05, 0) is 24.6 Å². The first-order chi connectivity index (χ1) is 9.75. The Hall–Kier alpha value is -2.36. The van der Waals surface area contributed by atoms with Gasteiger partial charge in [-0.25, -0.2) is 4.39 Å². The Bertz CT molecular complexity index is 655. The number of ether oxygens (including phenoxy) is 1. The molecular formula is C16H14FNO2. The van der Waals surface area contributed by atoms with Crippen molar-refractivity contribution in [3.8, 4) is 5.75 Å². The van der Waals surface area contributed by atoms with Crippen LogP contribution in [-0.4, -0.2) is 12.5 Å². The number of benzene rings is 2. The van der Waals surface area contributed by atoms with E-state index in [2.05, 4.69) is 5.32 Å². The molecule has 1 amide bonds. The van der Waals surface area contributed by atoms with Crippen LogP contribution in [-0.2, 0) is 13.0 Å². The molecule has 2 aromatic rings. The van der Waals surface area contributed by atoms with Gasteiger partial charge in [-0.15, -0.1) is 0 Å². The summed E-state index contributed by atoms with van der Waals surface area (Å²) in [5.41, 5.74) is 2.04. The van der Waals surface area contributed by atoms with E-state index in [9.17, 15) is 9.18 Å². The molecule has 20 heavy (non-hydrogen) atoms. The fourth-order valence-electron chi connectivity index (χ4n) is 2.34. The van der Waals surface area contributed by atoms with Gasteiger partial charge in [-0.3, -0.25) is 4.79 Å². The molecule has 4 heteroatoms. The van der Waals surface area contributed by atoms with Gasteiger partial charge < -0.3 is 10.1 Å². The molecule has 1 aliphatic rings. The van der Waals surface area contributed by atoms with Crippen LogP contribution in [0.5, 0.6) is 5.75 Å². The topological polar surface area (TPSA) is 38.3 Å². The summed E-state index contributed by atoms with van der Waals surface area (Å²) in [6.07, 6.45) is 0.731. The molecule has 0 atom stereocenters. The Morgan fingerprint density at radius 1 is 1.15 bits per heavy atom. The third-order valence-corrected chi connectivity index (χ3v) is 3.38. The number of nitrogens with one attached hydrogen (secondary N) is 1. The third kappa shape index (κ3) is 2.37. The summed E-state index contributed by atoms with van der Waals surface area (Å²) in [6, 6.07) is 11.9. The fraction of sp³-hybridized carbons (Fsp3) is 0.188. The smallest absolute Gasteiger partial charge is 0.251 e. The minimum absolute atomic E-state index is 0.0809. The average molecular weight is 271 g/mol. The Kier molecular flexibility index (Phi) is 3.37. The highest BCUT2D eigenvalue weighted by Crippen LogP contribution is 2.26. The van der Waals surface area contributed by atoms with E-state index in [-0.39, 0.29) is 18.3 Å². The Labute approximate surface area is 116 Å². The van der Waals surface area contributed by atoms with Crippen LogP contribution >= 0.6 is 0 Å². The number of amides is 1. The van der Waals surface area contributed by atoms with Crippen molar-refractivity contribution in [3.05, 3.63) is 65.0 Å². The predicted molar refractivity (Wildman–Crippen MR) is 73.2 cm³/mol. The largest absolute Gasteiger partial charge is 0.488 e. The van der Waals surface area contributed by atoms with E-state index in [1.165, 1.54) is 6.07 Å². The number of hydrogen-bond acceptors (Lipinski definition) is 2. The van der Waals surface area contributed by atoms with Gasteiger partial charge >= 0.3 is 0 Å². The van der Waals surface area contributed by atoms with Crippen molar-refractivity contribution in [2.24, 2.45) is 0 Å². The summed E-state index contributed by atoms with van der Waals surface area (Å²) in [5.74, 6) is 0.290. The number of rotatable bonds is 3. The second kappa shape index (κ2) is 5.33. The predicted octanol–water partition coefficient (Wildman–Crippen LogP) is 2.69. The van der Waals surface area contributed by atoms with Gasteiger partial charge in [0.1, 0.15) is 18.2 Å². The molecule has 0 bridgehead atoms. The highest BCUT2D eigenvalue weighted by atomic mass is 19.1. The highest BCUT2D eigenvalue weighted by Gasteiger charge is 2.19. The van der Waals surface area contributed by atoms with E-state index in [1.807, 2.05) is 6.07 Å². The quantitative estimate of drug-likeness (QED) is 0.932. The molecule has 0 aromatic heterocycles. The normalized spacial score (nSPS) is 13.6. The summed E-state index contributed by atoms with van der Waals surface area (Å²) in [5, 5.41) is 2.79. The zero-order chi connectivity index (χ0) is 13.9. The van der Waals surface area contributed by atoms with Crippen molar-refractivity contribution in [1.29, 1.82) is 0 Å². The maximum atomic E-state index is 13.5. The number of fused-ring (bicyclic) bond motifs is 1. The van der Waals surface area contributed by atoms with Crippen molar-refractivity contribution in [2.45, 2.75) is 13.0 Å². The minimum atomic E-state index is -0.282. The van der Waals surface area contributed by atoms with Gasteiger partial charge in [-0.1, -0.05) is 24.3 Å². The molecule has 1 heterocycles. The second-order valence-corrected chi connectivity index (χ2v) is 4.67. The fourth-order valence-corrected chi connectivity index (χ4v) is 2.34. The van der Waals surface area contributed by atoms with E-state index in [0.29, 0.717) is 23.4 Å². The van der Waals surface area contributed by atoms with Crippen molar-refractivity contribution < 1.29 is 13.9 Å². The second-order valence-electron chi connectivity index (χ2n) is 4.67. The van der Waals surface area contributed by atoms with Crippen LogP contribution in [0.4, 0.5) is 4.39 Å². The zero-order valence-electron chi connectivity index (χ0n) is 10.9. The molecule has 0 unspecified atom stereocenters. The van der Waals surface area contributed by atoms with Crippen molar-refractivity contribution >= 4 is 5.91 Å². The van der Waals surface area contributed by atoms with Gasteiger partial charge in [0.25, 0.3) is 5.91 Å². The summed E-state index contributed by atoms with van der Waals surface area (Å²) < 4.78 is 19.2. The Morgan fingerprint density at radius 3 is 2.85 bits per heavy atom. The molecule has 3 rings (SSSR count). The van der Waals surface area contributed by atoms with E-state index in [4.69, 9.17) is 4.74 Å². The van der Waals surface area contributed by atoms with E-state index in [0.717, 1.165) is 12.0 Å². The van der Waals surface area contributed by atoms with E-state index in [1.54, 1.807) is 30.3 Å². The summed E-state index contributed by atoms with van der Waals surface area (Å²) in [6.45, 7) is 0.761. The number of carbonyl (C=O) groups excluding carboxylic acids is 1. The molecule has 102 valence electrons. The first-order valence-corrected chi connectivity index (χ1v) is 6.52. The summed E-state index contributed by atoms with van der Waals surface area (Å²) in [4.78, 5) is 11.7. The van der Waals surface area contributed by atoms with Crippen LogP contribution in [0.1, 0.15) is 21.5 Å². The lowest BCUT2D eigenvalue weighted by atomic mass is 9.99. The SMILES string of the molecule is O=C1NCCc2c(OCc3ccccc3F)cccc21. The van der Waals surface area contributed by atoms with Gasteiger partial charge in [0.05, 0.1) is 0 Å². The summed E-state index contributed by atoms with van der Waals surface area (Å²) >= 11 is 0. The maximum absolute atomic E-state index is 13.5. The Morgan fingerprint density at radius 2 is 2.00 bits per heavy atom. The van der Waals surface area contributed by atoms with Crippen molar-refractivity contribution in [2.75, 3.05) is 6.54 Å². The van der Waals surface area contributed by atoms with Gasteiger partial charge in [0.2, 0.25) is 0 Å². The lowest BCUT2D eigenvalue weighted by Crippen LogP contribution is -2.32. The standard InChI is InChI=1S/C16H14FNO2/c17-14-6-2-1-4-11(14)10-20-15-7-3-5-13-12(15)8-9-18-16(13)19/h1-7H,8-10H2,(H,18,19). The first kappa shape index (κ1) is 12.7. The molecule has 0 saturated carbocycles. The van der Waals surface area contributed by atoms with Crippen LogP contribution in [0.15, 0.2) is 42.5 Å². The van der Waals surface area contributed by atoms with Gasteiger partial charge in [0, 0.05) is 23.2 Å². The first-order valence-electron chi connectivity index (χ1n) is 6.52. The molecule has 0 aliphatic carbocycles. The van der Waals surface area contributed by atoms with E-state index >= 15 is 0 Å². The van der Waals surface area contributed by atoms with Gasteiger partial charge in [0.15, 0.2) is 0 Å². The van der Waals surface area contributed by atoms with Crippen molar-refractivity contribution in [3.63, 3.8) is 0 Å². The molecule has 0 saturated heterocycles. The molecule has 0 fully saturated rings. The van der Waals surface area contributed by atoms with E-state index < -0.39 is 0 Å². The zero-order valence-corrected chi connectivity index (χ0v) is 10.9. The maximum Gasteiger partial charge on any atom is 0.251 e. The number of halogens is 1. The highest BCUT2D eigenvalue weighted by molar-refractivity contribution is 5.97. The summed E-state index contributed by atoms with van der Waals surface area (Å²) in [7, 11) is 0. The molecule has 2 aromatic carbocycles. The molecule has 0 spiro atoms. The van der Waals surface area contributed by atoms with Crippen molar-refractivity contribution in [1.82, 2.24) is 5.32 Å². The number of carbonyl (C=O) groups is 1. The molecule has 0 radical (unpaired) electrons.